The Hall–Kier alpha value is -0.220. The van der Waals surface area contributed by atoms with Crippen molar-refractivity contribution in [1.82, 2.24) is 0 Å². The Kier molecular flexibility index (Phi) is 4.36. The minimum absolute atomic E-state index is 0.213. The van der Waals surface area contributed by atoms with E-state index in [0.717, 1.165) is 14.5 Å². The van der Waals surface area contributed by atoms with Crippen molar-refractivity contribution in [3.63, 3.8) is 0 Å². The highest BCUT2D eigenvalue weighted by Crippen LogP contribution is 2.31. The highest BCUT2D eigenvalue weighted by molar-refractivity contribution is 9.10. The number of rotatable bonds is 3. The standard InChI is InChI=1S/C12H10BrCl2NS/c1-7(11-4-5-12(15)17-11)16-8-2-3-9(13)10(14)6-8/h2-7,16H,1H3. The topological polar surface area (TPSA) is 12.0 Å². The highest BCUT2D eigenvalue weighted by Gasteiger charge is 2.08. The Balaban J connectivity index is 2.12. The number of halogens is 3. The summed E-state index contributed by atoms with van der Waals surface area (Å²) in [5.41, 5.74) is 0.996. The quantitative estimate of drug-likeness (QED) is 0.716. The van der Waals surface area contributed by atoms with Crippen molar-refractivity contribution in [3.8, 4) is 0 Å². The van der Waals surface area contributed by atoms with E-state index in [1.807, 2.05) is 30.3 Å². The summed E-state index contributed by atoms with van der Waals surface area (Å²) < 4.78 is 1.71. The normalized spacial score (nSPS) is 12.5. The minimum Gasteiger partial charge on any atom is -0.378 e. The molecule has 0 fully saturated rings. The summed E-state index contributed by atoms with van der Waals surface area (Å²) in [5.74, 6) is 0. The fraction of sp³-hybridized carbons (Fsp3) is 0.167. The molecule has 0 radical (unpaired) electrons. The third-order valence-corrected chi connectivity index (χ3v) is 4.97. The monoisotopic (exact) mass is 349 g/mol. The second kappa shape index (κ2) is 5.61. The van der Waals surface area contributed by atoms with Crippen molar-refractivity contribution in [3.05, 3.63) is 49.0 Å². The molecule has 2 rings (SSSR count). The third kappa shape index (κ3) is 3.38. The first-order valence-electron chi connectivity index (χ1n) is 5.03. The van der Waals surface area contributed by atoms with Gasteiger partial charge in [0.1, 0.15) is 0 Å². The first kappa shape index (κ1) is 13.2. The van der Waals surface area contributed by atoms with Crippen molar-refractivity contribution in [2.75, 3.05) is 5.32 Å². The van der Waals surface area contributed by atoms with Crippen molar-refractivity contribution in [2.24, 2.45) is 0 Å². The zero-order chi connectivity index (χ0) is 12.4. The average Bonchev–Trinajstić information content (AvgIpc) is 2.70. The fourth-order valence-electron chi connectivity index (χ4n) is 1.47. The summed E-state index contributed by atoms with van der Waals surface area (Å²) >= 11 is 16.9. The van der Waals surface area contributed by atoms with Crippen LogP contribution in [0.5, 0.6) is 0 Å². The maximum atomic E-state index is 6.04. The van der Waals surface area contributed by atoms with E-state index < -0.39 is 0 Å². The molecule has 1 heterocycles. The van der Waals surface area contributed by atoms with Gasteiger partial charge in [-0.3, -0.25) is 0 Å². The van der Waals surface area contributed by atoms with Gasteiger partial charge in [0.05, 0.1) is 15.4 Å². The predicted octanol–water partition coefficient (Wildman–Crippen LogP) is 5.99. The van der Waals surface area contributed by atoms with E-state index >= 15 is 0 Å². The highest BCUT2D eigenvalue weighted by atomic mass is 79.9. The van der Waals surface area contributed by atoms with Crippen LogP contribution < -0.4 is 5.32 Å². The number of nitrogens with one attached hydrogen (secondary N) is 1. The van der Waals surface area contributed by atoms with Crippen LogP contribution in [0.3, 0.4) is 0 Å². The summed E-state index contributed by atoms with van der Waals surface area (Å²) in [6, 6.07) is 9.97. The zero-order valence-electron chi connectivity index (χ0n) is 9.01. The largest absolute Gasteiger partial charge is 0.378 e. The molecule has 0 amide bonds. The van der Waals surface area contributed by atoms with Gasteiger partial charge in [-0.05, 0) is 53.2 Å². The van der Waals surface area contributed by atoms with Gasteiger partial charge in [-0.2, -0.15) is 0 Å². The molecule has 90 valence electrons. The lowest BCUT2D eigenvalue weighted by molar-refractivity contribution is 0.908. The maximum Gasteiger partial charge on any atom is 0.0932 e. The lowest BCUT2D eigenvalue weighted by Gasteiger charge is -2.14. The number of thiophene rings is 1. The Morgan fingerprint density at radius 2 is 2.00 bits per heavy atom. The summed E-state index contributed by atoms with van der Waals surface area (Å²) in [7, 11) is 0. The molecule has 5 heteroatoms. The van der Waals surface area contributed by atoms with Crippen LogP contribution in [0.2, 0.25) is 9.36 Å². The lowest BCUT2D eigenvalue weighted by Crippen LogP contribution is -2.04. The number of anilines is 1. The second-order valence-corrected chi connectivity index (χ2v) is 6.64. The van der Waals surface area contributed by atoms with Crippen molar-refractivity contribution in [1.29, 1.82) is 0 Å². The van der Waals surface area contributed by atoms with Gasteiger partial charge >= 0.3 is 0 Å². The first-order chi connectivity index (χ1) is 8.06. The number of hydrogen-bond acceptors (Lipinski definition) is 2. The van der Waals surface area contributed by atoms with Crippen LogP contribution in [0.4, 0.5) is 5.69 Å². The molecule has 17 heavy (non-hydrogen) atoms. The van der Waals surface area contributed by atoms with Crippen LogP contribution >= 0.6 is 50.5 Å². The van der Waals surface area contributed by atoms with Gasteiger partial charge in [-0.1, -0.05) is 23.2 Å². The zero-order valence-corrected chi connectivity index (χ0v) is 12.9. The molecule has 1 aromatic carbocycles. The van der Waals surface area contributed by atoms with E-state index in [0.29, 0.717) is 5.02 Å². The number of benzene rings is 1. The molecule has 0 spiro atoms. The molecule has 1 nitrogen and oxygen atoms in total. The van der Waals surface area contributed by atoms with E-state index in [1.54, 1.807) is 11.3 Å². The maximum absolute atomic E-state index is 6.04. The van der Waals surface area contributed by atoms with Crippen LogP contribution in [0.25, 0.3) is 0 Å². The molecular formula is C12H10BrCl2NS. The smallest absolute Gasteiger partial charge is 0.0932 e. The molecule has 0 aliphatic heterocycles. The van der Waals surface area contributed by atoms with Gasteiger partial charge in [0, 0.05) is 15.0 Å². The van der Waals surface area contributed by atoms with E-state index in [1.165, 1.54) is 4.88 Å². The van der Waals surface area contributed by atoms with Gasteiger partial charge in [0.15, 0.2) is 0 Å². The van der Waals surface area contributed by atoms with Gasteiger partial charge in [0.25, 0.3) is 0 Å². The van der Waals surface area contributed by atoms with Gasteiger partial charge in [-0.15, -0.1) is 11.3 Å². The molecule has 0 aliphatic carbocycles. The minimum atomic E-state index is 0.213. The van der Waals surface area contributed by atoms with Gasteiger partial charge in [0.2, 0.25) is 0 Å². The van der Waals surface area contributed by atoms with E-state index in [9.17, 15) is 0 Å². The van der Waals surface area contributed by atoms with Crippen LogP contribution in [-0.2, 0) is 0 Å². The van der Waals surface area contributed by atoms with Gasteiger partial charge < -0.3 is 5.32 Å². The lowest BCUT2D eigenvalue weighted by atomic mass is 10.2. The Morgan fingerprint density at radius 3 is 2.59 bits per heavy atom. The van der Waals surface area contributed by atoms with Crippen LogP contribution in [0, 0.1) is 0 Å². The Morgan fingerprint density at radius 1 is 1.24 bits per heavy atom. The fourth-order valence-corrected chi connectivity index (χ4v) is 2.96. The molecule has 1 atom stereocenters. The molecule has 1 unspecified atom stereocenters. The predicted molar refractivity (Wildman–Crippen MR) is 80.5 cm³/mol. The first-order valence-corrected chi connectivity index (χ1v) is 7.39. The van der Waals surface area contributed by atoms with E-state index in [4.69, 9.17) is 23.2 Å². The van der Waals surface area contributed by atoms with Gasteiger partial charge in [-0.25, -0.2) is 0 Å². The van der Waals surface area contributed by atoms with E-state index in [-0.39, 0.29) is 6.04 Å². The summed E-state index contributed by atoms with van der Waals surface area (Å²) in [6.07, 6.45) is 0. The van der Waals surface area contributed by atoms with Crippen molar-refractivity contribution < 1.29 is 0 Å². The molecular weight excluding hydrogens is 341 g/mol. The third-order valence-electron chi connectivity index (χ3n) is 2.32. The Labute approximate surface area is 123 Å². The summed E-state index contributed by atoms with van der Waals surface area (Å²) in [5, 5.41) is 4.09. The summed E-state index contributed by atoms with van der Waals surface area (Å²) in [4.78, 5) is 1.20. The molecule has 1 N–H and O–H groups in total. The average molecular weight is 351 g/mol. The SMILES string of the molecule is CC(Nc1ccc(Br)c(Cl)c1)c1ccc(Cl)s1. The van der Waals surface area contributed by atoms with Crippen molar-refractivity contribution in [2.45, 2.75) is 13.0 Å². The molecule has 0 saturated heterocycles. The molecule has 1 aromatic heterocycles. The van der Waals surface area contributed by atoms with Crippen LogP contribution in [-0.4, -0.2) is 0 Å². The summed E-state index contributed by atoms with van der Waals surface area (Å²) in [6.45, 7) is 2.10. The molecule has 0 saturated carbocycles. The second-order valence-electron chi connectivity index (χ2n) is 3.64. The Bertz CT molecular complexity index is 527. The van der Waals surface area contributed by atoms with Crippen LogP contribution in [0.1, 0.15) is 17.8 Å². The van der Waals surface area contributed by atoms with Crippen molar-refractivity contribution >= 4 is 56.2 Å². The van der Waals surface area contributed by atoms with Crippen LogP contribution in [0.15, 0.2) is 34.8 Å². The molecule has 2 aromatic rings. The molecule has 0 bridgehead atoms. The van der Waals surface area contributed by atoms with E-state index in [2.05, 4.69) is 28.2 Å². The number of hydrogen-bond donors (Lipinski definition) is 1. The molecule has 0 aliphatic rings.